The molecule has 0 atom stereocenters. The Morgan fingerprint density at radius 3 is 2.54 bits per heavy atom. The Kier molecular flexibility index (Phi) is 4.82. The van der Waals surface area contributed by atoms with Gasteiger partial charge in [0.05, 0.1) is 17.6 Å². The number of benzene rings is 2. The number of rotatable bonds is 4. The van der Waals surface area contributed by atoms with Gasteiger partial charge in [0.15, 0.2) is 11.5 Å². The Hall–Kier alpha value is -4.90. The average molecular weight is 483 g/mol. The third-order valence-electron chi connectivity index (χ3n) is 5.42. The molecule has 170 valence electrons. The fraction of sp³-hybridized carbons (Fsp3) is 0. The Labute approximate surface area is 201 Å². The molecule has 0 spiro atoms. The van der Waals surface area contributed by atoms with E-state index < -0.39 is 0 Å². The summed E-state index contributed by atoms with van der Waals surface area (Å²) >= 11 is 6.07. The molecule has 11 nitrogen and oxygen atoms in total. The SMILES string of the molecule is Nc1ccc(-c2nc3c(cnn3-c3cccc(-c4nn[nH]n4)c3)c(=O)n2-c2ccc(Cl)cc2)cn1. The molecule has 0 aliphatic rings. The van der Waals surface area contributed by atoms with E-state index >= 15 is 0 Å². The lowest BCUT2D eigenvalue weighted by Crippen LogP contribution is -2.22. The molecule has 6 aromatic rings. The molecule has 0 amide bonds. The van der Waals surface area contributed by atoms with Gasteiger partial charge >= 0.3 is 0 Å². The van der Waals surface area contributed by atoms with Crippen molar-refractivity contribution in [3.63, 3.8) is 0 Å². The van der Waals surface area contributed by atoms with Crippen molar-refractivity contribution in [2.45, 2.75) is 0 Å². The molecule has 4 aromatic heterocycles. The molecule has 12 heteroatoms. The molecule has 3 N–H and O–H groups in total. The first-order chi connectivity index (χ1) is 17.1. The summed E-state index contributed by atoms with van der Waals surface area (Å²) in [5.74, 6) is 1.18. The first-order valence-electron chi connectivity index (χ1n) is 10.4. The summed E-state index contributed by atoms with van der Waals surface area (Å²) in [4.78, 5) is 22.8. The lowest BCUT2D eigenvalue weighted by atomic mass is 10.2. The molecule has 6 rings (SSSR count). The second-order valence-corrected chi connectivity index (χ2v) is 8.04. The second kappa shape index (κ2) is 8.15. The number of hydrogen-bond donors (Lipinski definition) is 2. The number of nitrogens with zero attached hydrogens (tertiary/aromatic N) is 8. The molecule has 35 heavy (non-hydrogen) atoms. The van der Waals surface area contributed by atoms with Crippen LogP contribution in [-0.4, -0.2) is 44.9 Å². The van der Waals surface area contributed by atoms with E-state index in [-0.39, 0.29) is 5.56 Å². The summed E-state index contributed by atoms with van der Waals surface area (Å²) < 4.78 is 3.11. The first-order valence-corrected chi connectivity index (χ1v) is 10.8. The van der Waals surface area contributed by atoms with Crippen LogP contribution in [0.4, 0.5) is 5.82 Å². The topological polar surface area (TPSA) is 146 Å². The lowest BCUT2D eigenvalue weighted by Gasteiger charge is -2.13. The number of H-pyrrole nitrogens is 1. The molecule has 0 saturated heterocycles. The van der Waals surface area contributed by atoms with Crippen LogP contribution < -0.4 is 11.3 Å². The van der Waals surface area contributed by atoms with Gasteiger partial charge in [-0.05, 0) is 53.7 Å². The Bertz CT molecular complexity index is 1720. The molecular weight excluding hydrogens is 468 g/mol. The smallest absolute Gasteiger partial charge is 0.269 e. The van der Waals surface area contributed by atoms with Gasteiger partial charge in [0.2, 0.25) is 5.82 Å². The minimum atomic E-state index is -0.287. The van der Waals surface area contributed by atoms with Gasteiger partial charge in [0.1, 0.15) is 11.2 Å². The number of nitrogens with one attached hydrogen (secondary N) is 1. The van der Waals surface area contributed by atoms with Crippen LogP contribution in [0.1, 0.15) is 0 Å². The molecule has 0 aliphatic heterocycles. The number of pyridine rings is 1. The summed E-state index contributed by atoms with van der Waals surface area (Å²) in [6, 6.07) is 17.7. The average Bonchev–Trinajstić information content (AvgIpc) is 3.56. The molecule has 0 bridgehead atoms. The Balaban J connectivity index is 1.61. The Morgan fingerprint density at radius 2 is 1.80 bits per heavy atom. The van der Waals surface area contributed by atoms with Crippen molar-refractivity contribution in [2.24, 2.45) is 0 Å². The summed E-state index contributed by atoms with van der Waals surface area (Å²) in [5.41, 5.74) is 8.51. The number of nitrogen functional groups attached to an aromatic ring is 1. The number of aromatic amines is 1. The van der Waals surface area contributed by atoms with Gasteiger partial charge in [-0.2, -0.15) is 10.3 Å². The van der Waals surface area contributed by atoms with Crippen LogP contribution in [0.15, 0.2) is 77.9 Å². The number of fused-ring (bicyclic) bond motifs is 1. The summed E-state index contributed by atoms with van der Waals surface area (Å²) in [7, 11) is 0. The molecule has 4 heterocycles. The maximum absolute atomic E-state index is 13.7. The summed E-state index contributed by atoms with van der Waals surface area (Å²) in [6.07, 6.45) is 3.08. The quantitative estimate of drug-likeness (QED) is 0.389. The number of tetrazole rings is 1. The molecule has 0 saturated carbocycles. The van der Waals surface area contributed by atoms with Crippen molar-refractivity contribution in [3.05, 3.63) is 88.4 Å². The van der Waals surface area contributed by atoms with Gasteiger partial charge in [-0.25, -0.2) is 14.6 Å². The molecule has 0 unspecified atom stereocenters. The van der Waals surface area contributed by atoms with Crippen molar-refractivity contribution in [1.29, 1.82) is 0 Å². The zero-order chi connectivity index (χ0) is 23.9. The van der Waals surface area contributed by atoms with E-state index in [2.05, 4.69) is 30.7 Å². The lowest BCUT2D eigenvalue weighted by molar-refractivity contribution is 0.881. The highest BCUT2D eigenvalue weighted by molar-refractivity contribution is 6.30. The highest BCUT2D eigenvalue weighted by Crippen LogP contribution is 2.25. The number of hydrogen-bond acceptors (Lipinski definition) is 8. The predicted molar refractivity (Wildman–Crippen MR) is 130 cm³/mol. The zero-order valence-corrected chi connectivity index (χ0v) is 18.6. The minimum absolute atomic E-state index is 0.287. The van der Waals surface area contributed by atoms with E-state index in [0.29, 0.717) is 50.5 Å². The molecule has 0 aliphatic carbocycles. The van der Waals surface area contributed by atoms with Crippen molar-refractivity contribution in [2.75, 3.05) is 5.73 Å². The van der Waals surface area contributed by atoms with E-state index in [1.54, 1.807) is 47.3 Å². The van der Waals surface area contributed by atoms with E-state index in [1.165, 1.54) is 10.8 Å². The number of aromatic nitrogens is 9. The van der Waals surface area contributed by atoms with Crippen LogP contribution in [0.2, 0.25) is 5.02 Å². The normalized spacial score (nSPS) is 11.2. The minimum Gasteiger partial charge on any atom is -0.384 e. The predicted octanol–water partition coefficient (Wildman–Crippen LogP) is 3.05. The second-order valence-electron chi connectivity index (χ2n) is 7.60. The van der Waals surface area contributed by atoms with E-state index in [0.717, 1.165) is 5.56 Å². The van der Waals surface area contributed by atoms with Crippen molar-refractivity contribution in [1.82, 2.24) is 44.9 Å². The number of anilines is 1. The van der Waals surface area contributed by atoms with Gasteiger partial charge < -0.3 is 5.73 Å². The van der Waals surface area contributed by atoms with Crippen LogP contribution in [0, 0.1) is 0 Å². The van der Waals surface area contributed by atoms with Gasteiger partial charge in [-0.1, -0.05) is 23.7 Å². The van der Waals surface area contributed by atoms with Crippen molar-refractivity contribution >= 4 is 28.5 Å². The fourth-order valence-electron chi connectivity index (χ4n) is 3.78. The molecule has 2 aromatic carbocycles. The van der Waals surface area contributed by atoms with E-state index in [9.17, 15) is 4.79 Å². The number of nitrogens with two attached hydrogens (primary N) is 1. The summed E-state index contributed by atoms with van der Waals surface area (Å²) in [5, 5.41) is 19.5. The zero-order valence-electron chi connectivity index (χ0n) is 17.9. The van der Waals surface area contributed by atoms with Crippen LogP contribution >= 0.6 is 11.6 Å². The first kappa shape index (κ1) is 20.7. The fourth-order valence-corrected chi connectivity index (χ4v) is 3.90. The molecule has 0 fully saturated rings. The van der Waals surface area contributed by atoms with Gasteiger partial charge in [-0.3, -0.25) is 9.36 Å². The van der Waals surface area contributed by atoms with Crippen LogP contribution in [0.3, 0.4) is 0 Å². The van der Waals surface area contributed by atoms with Crippen LogP contribution in [0.5, 0.6) is 0 Å². The van der Waals surface area contributed by atoms with Gasteiger partial charge in [0.25, 0.3) is 5.56 Å². The van der Waals surface area contributed by atoms with Crippen molar-refractivity contribution in [3.8, 4) is 34.2 Å². The van der Waals surface area contributed by atoms with Crippen LogP contribution in [0.25, 0.3) is 45.2 Å². The van der Waals surface area contributed by atoms with Gasteiger partial charge in [0, 0.05) is 22.3 Å². The standard InChI is InChI=1S/C23H15ClN10O/c24-15-5-7-16(8-6-15)33-21(14-4-9-19(25)26-11-14)28-22-18(23(33)35)12-27-34(22)17-3-1-2-13(10-17)20-29-31-32-30-20/h1-12H,(H2,25,26)(H,29,30,31,32). The number of halogens is 1. The van der Waals surface area contributed by atoms with Crippen LogP contribution in [-0.2, 0) is 0 Å². The highest BCUT2D eigenvalue weighted by atomic mass is 35.5. The van der Waals surface area contributed by atoms with Crippen molar-refractivity contribution < 1.29 is 0 Å². The third-order valence-corrected chi connectivity index (χ3v) is 5.68. The molecule has 0 radical (unpaired) electrons. The van der Waals surface area contributed by atoms with Gasteiger partial charge in [-0.15, -0.1) is 10.2 Å². The largest absolute Gasteiger partial charge is 0.384 e. The van der Waals surface area contributed by atoms with E-state index in [4.69, 9.17) is 22.3 Å². The Morgan fingerprint density at radius 1 is 0.943 bits per heavy atom. The van der Waals surface area contributed by atoms with E-state index in [1.807, 2.05) is 24.3 Å². The molecular formula is C23H15ClN10O. The third kappa shape index (κ3) is 3.60. The maximum atomic E-state index is 13.7. The summed E-state index contributed by atoms with van der Waals surface area (Å²) in [6.45, 7) is 0. The highest BCUT2D eigenvalue weighted by Gasteiger charge is 2.19. The maximum Gasteiger partial charge on any atom is 0.269 e. The monoisotopic (exact) mass is 482 g/mol.